The second kappa shape index (κ2) is 8.44. The highest BCUT2D eigenvalue weighted by Gasteiger charge is 2.31. The maximum atomic E-state index is 14.0. The van der Waals surface area contributed by atoms with E-state index in [0.717, 1.165) is 6.07 Å². The molecule has 0 aliphatic heterocycles. The Hall–Kier alpha value is -1.20. The van der Waals surface area contributed by atoms with Gasteiger partial charge in [0.1, 0.15) is 11.6 Å². The van der Waals surface area contributed by atoms with Gasteiger partial charge in [-0.15, -0.1) is 12.4 Å². The largest absolute Gasteiger partial charge is 0.348 e. The van der Waals surface area contributed by atoms with Crippen LogP contribution in [0.1, 0.15) is 39.3 Å². The summed E-state index contributed by atoms with van der Waals surface area (Å²) in [6.07, 6.45) is 0. The molecule has 0 radical (unpaired) electrons. The zero-order valence-corrected chi connectivity index (χ0v) is 14.5. The Morgan fingerprint density at radius 3 is 2.32 bits per heavy atom. The van der Waals surface area contributed by atoms with Crippen LogP contribution in [0.25, 0.3) is 0 Å². The molecule has 2 unspecified atom stereocenters. The minimum atomic E-state index is -0.642. The minimum Gasteiger partial charge on any atom is -0.348 e. The van der Waals surface area contributed by atoms with Crippen LogP contribution in [-0.4, -0.2) is 19.5 Å². The molecule has 22 heavy (non-hydrogen) atoms. The lowest BCUT2D eigenvalue weighted by atomic mass is 9.81. The summed E-state index contributed by atoms with van der Waals surface area (Å²) in [5.41, 5.74) is -0.0952. The normalized spacial score (nSPS) is 14.0. The summed E-state index contributed by atoms with van der Waals surface area (Å²) in [6.45, 7) is 8.05. The SMILES string of the molecule is CNCC(C)C(=O)NC(c1ccc(F)cc1F)C(C)(C)C.Cl. The van der Waals surface area contributed by atoms with Gasteiger partial charge in [0.15, 0.2) is 0 Å². The number of nitrogens with one attached hydrogen (secondary N) is 2. The summed E-state index contributed by atoms with van der Waals surface area (Å²) in [5.74, 6) is -1.66. The van der Waals surface area contributed by atoms with Crippen molar-refractivity contribution >= 4 is 18.3 Å². The lowest BCUT2D eigenvalue weighted by Gasteiger charge is -2.33. The highest BCUT2D eigenvalue weighted by molar-refractivity contribution is 5.85. The van der Waals surface area contributed by atoms with E-state index in [1.165, 1.54) is 12.1 Å². The molecule has 1 aromatic carbocycles. The van der Waals surface area contributed by atoms with Crippen LogP contribution in [0.5, 0.6) is 0 Å². The van der Waals surface area contributed by atoms with Gasteiger partial charge in [0.25, 0.3) is 0 Å². The fourth-order valence-corrected chi connectivity index (χ4v) is 2.18. The highest BCUT2D eigenvalue weighted by atomic mass is 35.5. The van der Waals surface area contributed by atoms with E-state index in [9.17, 15) is 13.6 Å². The zero-order valence-electron chi connectivity index (χ0n) is 13.7. The van der Waals surface area contributed by atoms with Crippen LogP contribution in [0.2, 0.25) is 0 Å². The third-order valence-corrected chi connectivity index (χ3v) is 3.38. The summed E-state index contributed by atoms with van der Waals surface area (Å²) >= 11 is 0. The standard InChI is InChI=1S/C16H24F2N2O.ClH/c1-10(9-19-5)15(21)20-14(16(2,3)4)12-7-6-11(17)8-13(12)18;/h6-8,10,14,19H,9H2,1-5H3,(H,20,21);1H. The number of rotatable bonds is 5. The number of halogens is 3. The maximum absolute atomic E-state index is 14.0. The van der Waals surface area contributed by atoms with Gasteiger partial charge in [-0.25, -0.2) is 8.78 Å². The van der Waals surface area contributed by atoms with Crippen LogP contribution >= 0.6 is 12.4 Å². The van der Waals surface area contributed by atoms with Gasteiger partial charge < -0.3 is 10.6 Å². The molecule has 0 bridgehead atoms. The summed E-state index contributed by atoms with van der Waals surface area (Å²) < 4.78 is 27.1. The summed E-state index contributed by atoms with van der Waals surface area (Å²) in [6, 6.07) is 2.92. The first-order valence-corrected chi connectivity index (χ1v) is 7.06. The predicted octanol–water partition coefficient (Wildman–Crippen LogP) is 3.45. The van der Waals surface area contributed by atoms with Gasteiger partial charge in [-0.3, -0.25) is 4.79 Å². The van der Waals surface area contributed by atoms with E-state index in [1.54, 1.807) is 14.0 Å². The van der Waals surface area contributed by atoms with E-state index in [-0.39, 0.29) is 24.2 Å². The maximum Gasteiger partial charge on any atom is 0.224 e. The number of amides is 1. The van der Waals surface area contributed by atoms with Crippen LogP contribution in [0.3, 0.4) is 0 Å². The average molecular weight is 335 g/mol. The van der Waals surface area contributed by atoms with Crippen molar-refractivity contribution in [3.05, 3.63) is 35.4 Å². The first-order valence-electron chi connectivity index (χ1n) is 7.06. The van der Waals surface area contributed by atoms with Gasteiger partial charge in [-0.1, -0.05) is 33.8 Å². The summed E-state index contributed by atoms with van der Waals surface area (Å²) in [5, 5.41) is 5.81. The van der Waals surface area contributed by atoms with Crippen LogP contribution in [0.15, 0.2) is 18.2 Å². The third kappa shape index (κ3) is 5.54. The van der Waals surface area contributed by atoms with E-state index in [2.05, 4.69) is 10.6 Å². The Morgan fingerprint density at radius 1 is 1.27 bits per heavy atom. The molecule has 0 saturated carbocycles. The molecule has 2 N–H and O–H groups in total. The number of carbonyl (C=O) groups excluding carboxylic acids is 1. The van der Waals surface area contributed by atoms with Crippen molar-refractivity contribution in [2.75, 3.05) is 13.6 Å². The predicted molar refractivity (Wildman–Crippen MR) is 87.0 cm³/mol. The zero-order chi connectivity index (χ0) is 16.2. The fourth-order valence-electron chi connectivity index (χ4n) is 2.18. The third-order valence-electron chi connectivity index (χ3n) is 3.38. The molecule has 126 valence electrons. The molecule has 2 atom stereocenters. The molecule has 0 fully saturated rings. The Morgan fingerprint density at radius 2 is 1.86 bits per heavy atom. The topological polar surface area (TPSA) is 41.1 Å². The lowest BCUT2D eigenvalue weighted by molar-refractivity contribution is -0.126. The fraction of sp³-hybridized carbons (Fsp3) is 0.562. The number of benzene rings is 1. The summed E-state index contributed by atoms with van der Waals surface area (Å²) in [4.78, 5) is 12.2. The molecule has 1 amide bonds. The van der Waals surface area contributed by atoms with E-state index in [0.29, 0.717) is 12.1 Å². The average Bonchev–Trinajstić information content (AvgIpc) is 2.35. The first kappa shape index (κ1) is 20.8. The van der Waals surface area contributed by atoms with Crippen LogP contribution in [0.4, 0.5) is 8.78 Å². The van der Waals surface area contributed by atoms with Gasteiger partial charge in [0.2, 0.25) is 5.91 Å². The van der Waals surface area contributed by atoms with Crippen LogP contribution in [-0.2, 0) is 4.79 Å². The molecule has 0 aliphatic rings. The van der Waals surface area contributed by atoms with Crippen molar-refractivity contribution in [1.29, 1.82) is 0 Å². The molecule has 1 aromatic rings. The molecule has 3 nitrogen and oxygen atoms in total. The van der Waals surface area contributed by atoms with E-state index < -0.39 is 23.1 Å². The number of hydrogen-bond donors (Lipinski definition) is 2. The molecular formula is C16H25ClF2N2O. The van der Waals surface area contributed by atoms with Crippen molar-refractivity contribution in [2.45, 2.75) is 33.7 Å². The first-order chi connectivity index (χ1) is 9.66. The summed E-state index contributed by atoms with van der Waals surface area (Å²) in [7, 11) is 1.77. The molecule has 0 aliphatic carbocycles. The van der Waals surface area contributed by atoms with Crippen molar-refractivity contribution < 1.29 is 13.6 Å². The molecule has 0 saturated heterocycles. The molecule has 6 heteroatoms. The number of hydrogen-bond acceptors (Lipinski definition) is 2. The Labute approximate surface area is 137 Å². The number of carbonyl (C=O) groups is 1. The quantitative estimate of drug-likeness (QED) is 0.866. The molecule has 0 spiro atoms. The van der Waals surface area contributed by atoms with E-state index in [1.807, 2.05) is 20.8 Å². The molecule has 1 rings (SSSR count). The van der Waals surface area contributed by atoms with Crippen molar-refractivity contribution in [3.63, 3.8) is 0 Å². The second-order valence-corrected chi connectivity index (χ2v) is 6.43. The molecule has 0 aromatic heterocycles. The van der Waals surface area contributed by atoms with Gasteiger partial charge in [-0.2, -0.15) is 0 Å². The van der Waals surface area contributed by atoms with Gasteiger partial charge in [-0.05, 0) is 18.5 Å². The van der Waals surface area contributed by atoms with Gasteiger partial charge >= 0.3 is 0 Å². The van der Waals surface area contributed by atoms with Crippen LogP contribution < -0.4 is 10.6 Å². The van der Waals surface area contributed by atoms with E-state index >= 15 is 0 Å². The van der Waals surface area contributed by atoms with E-state index in [4.69, 9.17) is 0 Å². The minimum absolute atomic E-state index is 0. The van der Waals surface area contributed by atoms with Crippen LogP contribution in [0, 0.1) is 23.0 Å². The molecular weight excluding hydrogens is 310 g/mol. The van der Waals surface area contributed by atoms with Crippen molar-refractivity contribution in [2.24, 2.45) is 11.3 Å². The second-order valence-electron chi connectivity index (χ2n) is 6.43. The van der Waals surface area contributed by atoms with Crippen molar-refractivity contribution in [1.82, 2.24) is 10.6 Å². The van der Waals surface area contributed by atoms with Gasteiger partial charge in [0, 0.05) is 24.1 Å². The Balaban J connectivity index is 0.00000441. The smallest absolute Gasteiger partial charge is 0.224 e. The molecule has 0 heterocycles. The Bertz CT molecular complexity index is 503. The van der Waals surface area contributed by atoms with Gasteiger partial charge in [0.05, 0.1) is 6.04 Å². The monoisotopic (exact) mass is 334 g/mol. The lowest BCUT2D eigenvalue weighted by Crippen LogP contribution is -2.41. The highest BCUT2D eigenvalue weighted by Crippen LogP contribution is 2.34. The Kier molecular flexibility index (Phi) is 7.98. The van der Waals surface area contributed by atoms with Crippen molar-refractivity contribution in [3.8, 4) is 0 Å².